The predicted octanol–water partition coefficient (Wildman–Crippen LogP) is 4.70. The van der Waals surface area contributed by atoms with Crippen molar-refractivity contribution < 1.29 is 15.0 Å². The lowest BCUT2D eigenvalue weighted by Gasteiger charge is -2.64. The smallest absolute Gasteiger partial charge is 0.312 e. The molecule has 0 aliphatic heterocycles. The molecule has 184 valence electrons. The summed E-state index contributed by atoms with van der Waals surface area (Å²) in [6.45, 7) is 10.4. The Morgan fingerprint density at radius 3 is 2.44 bits per heavy atom. The highest BCUT2D eigenvalue weighted by atomic mass is 16.3. The first-order chi connectivity index (χ1) is 15.1. The van der Waals surface area contributed by atoms with E-state index in [1.807, 2.05) is 0 Å². The van der Waals surface area contributed by atoms with Gasteiger partial charge in [-0.1, -0.05) is 34.1 Å². The molecule has 0 heterocycles. The zero-order valence-electron chi connectivity index (χ0n) is 20.9. The van der Waals surface area contributed by atoms with E-state index in [0.717, 1.165) is 38.5 Å². The summed E-state index contributed by atoms with van der Waals surface area (Å²) in [6, 6.07) is -0.428. The summed E-state index contributed by atoms with van der Waals surface area (Å²) in [6.07, 6.45) is 10.7. The molecule has 0 aromatic heterocycles. The summed E-state index contributed by atoms with van der Waals surface area (Å²) < 4.78 is 0. The van der Waals surface area contributed by atoms with Crippen LogP contribution in [-0.2, 0) is 0 Å². The Kier molecular flexibility index (Phi) is 6.91. The minimum atomic E-state index is -0.428. The van der Waals surface area contributed by atoms with Crippen molar-refractivity contribution in [3.63, 3.8) is 0 Å². The van der Waals surface area contributed by atoms with Gasteiger partial charge in [-0.15, -0.1) is 0 Å². The van der Waals surface area contributed by atoms with Gasteiger partial charge in [-0.2, -0.15) is 0 Å². The van der Waals surface area contributed by atoms with Crippen LogP contribution in [-0.4, -0.2) is 35.0 Å². The monoisotopic (exact) mass is 448 g/mol. The van der Waals surface area contributed by atoms with Crippen molar-refractivity contribution in [2.45, 2.75) is 104 Å². The second-order valence-corrected chi connectivity index (χ2v) is 12.5. The Bertz CT molecular complexity index is 686. The fourth-order valence-corrected chi connectivity index (χ4v) is 9.77. The Morgan fingerprint density at radius 1 is 1.06 bits per heavy atom. The van der Waals surface area contributed by atoms with Crippen LogP contribution in [0.3, 0.4) is 0 Å². The number of fused-ring (bicyclic) bond motifs is 5. The molecule has 32 heavy (non-hydrogen) atoms. The van der Waals surface area contributed by atoms with Crippen molar-refractivity contribution >= 4 is 6.03 Å². The number of nitrogens with two attached hydrogens (primary N) is 1. The molecule has 0 spiro atoms. The topological polar surface area (TPSA) is 95.6 Å². The Balaban J connectivity index is 1.53. The first kappa shape index (κ1) is 24.3. The Hall–Kier alpha value is -0.810. The first-order valence-electron chi connectivity index (χ1n) is 13.5. The number of amides is 2. The average Bonchev–Trinajstić information content (AvgIpc) is 3.09. The molecule has 0 aromatic rings. The van der Waals surface area contributed by atoms with Crippen LogP contribution in [0, 0.1) is 52.3 Å². The van der Waals surface area contributed by atoms with Crippen molar-refractivity contribution in [1.29, 1.82) is 0 Å². The SMILES string of the molecule is CC[C@H]1[C@@H](O)[C@@H]2[C@H](CC[C@]3(C)[C@@H]([C@H](C)CCCNC(N)=O)CC[C@@H]23)[C@@]2(C)CC[C@@H](O)C[C@@H]12. The maximum absolute atomic E-state index is 11.8. The molecule has 0 unspecified atom stereocenters. The number of hydrogen-bond acceptors (Lipinski definition) is 3. The van der Waals surface area contributed by atoms with Crippen molar-refractivity contribution in [2.24, 2.45) is 58.0 Å². The van der Waals surface area contributed by atoms with Gasteiger partial charge in [0, 0.05) is 6.54 Å². The van der Waals surface area contributed by atoms with Crippen molar-refractivity contribution in [3.05, 3.63) is 0 Å². The van der Waals surface area contributed by atoms with E-state index in [4.69, 9.17) is 5.73 Å². The average molecular weight is 449 g/mol. The summed E-state index contributed by atoms with van der Waals surface area (Å²) >= 11 is 0. The number of urea groups is 1. The van der Waals surface area contributed by atoms with E-state index in [2.05, 4.69) is 33.0 Å². The molecule has 4 aliphatic rings. The molecule has 0 radical (unpaired) electrons. The Morgan fingerprint density at radius 2 is 1.75 bits per heavy atom. The Labute approximate surface area is 195 Å². The lowest BCUT2D eigenvalue weighted by Crippen LogP contribution is -2.62. The van der Waals surface area contributed by atoms with E-state index >= 15 is 0 Å². The highest BCUT2D eigenvalue weighted by Crippen LogP contribution is 2.69. The van der Waals surface area contributed by atoms with Crippen LogP contribution >= 0.6 is 0 Å². The van der Waals surface area contributed by atoms with E-state index in [9.17, 15) is 15.0 Å². The van der Waals surface area contributed by atoms with E-state index in [1.54, 1.807) is 0 Å². The van der Waals surface area contributed by atoms with Gasteiger partial charge >= 0.3 is 6.03 Å². The fourth-order valence-electron chi connectivity index (χ4n) is 9.77. The van der Waals surface area contributed by atoms with Crippen molar-refractivity contribution in [3.8, 4) is 0 Å². The zero-order valence-corrected chi connectivity index (χ0v) is 20.9. The van der Waals surface area contributed by atoms with Crippen LogP contribution in [0.25, 0.3) is 0 Å². The standard InChI is InChI=1S/C27H48N2O3/c1-5-18-22-15-17(30)10-12-27(22,4)21-11-13-26(3)19(8-9-20(26)23(21)24(18)31)16(2)7-6-14-29-25(28)32/h16-24,30-31H,5-15H2,1-4H3,(H3,28,29,32)/t16-,17-,18-,19-,20+,21+,22+,23+,24-,26-,27-/m1/s1. The van der Waals surface area contributed by atoms with Gasteiger partial charge in [0.15, 0.2) is 0 Å². The van der Waals surface area contributed by atoms with Crippen molar-refractivity contribution in [2.75, 3.05) is 6.54 Å². The number of rotatable bonds is 6. The van der Waals surface area contributed by atoms with Gasteiger partial charge in [0.1, 0.15) is 0 Å². The number of hydrogen-bond donors (Lipinski definition) is 4. The van der Waals surface area contributed by atoms with Gasteiger partial charge in [-0.05, 0) is 110 Å². The maximum atomic E-state index is 11.8. The molecule has 5 N–H and O–H groups in total. The van der Waals surface area contributed by atoms with Gasteiger partial charge in [0.25, 0.3) is 0 Å². The van der Waals surface area contributed by atoms with E-state index < -0.39 is 6.03 Å². The lowest BCUT2D eigenvalue weighted by atomic mass is 9.41. The van der Waals surface area contributed by atoms with Crippen LogP contribution < -0.4 is 11.1 Å². The van der Waals surface area contributed by atoms with Gasteiger partial charge in [-0.3, -0.25) is 0 Å². The summed E-state index contributed by atoms with van der Waals surface area (Å²) in [5.74, 6) is 3.76. The lowest BCUT2D eigenvalue weighted by molar-refractivity contribution is -0.203. The third-order valence-electron chi connectivity index (χ3n) is 11.3. The molecule has 4 fully saturated rings. The van der Waals surface area contributed by atoms with E-state index in [1.165, 1.54) is 25.7 Å². The molecule has 0 saturated heterocycles. The fraction of sp³-hybridized carbons (Fsp3) is 0.963. The first-order valence-corrected chi connectivity index (χ1v) is 13.5. The molecule has 4 aliphatic carbocycles. The molecule has 2 amide bonds. The molecule has 5 heteroatoms. The van der Waals surface area contributed by atoms with Crippen LogP contribution in [0.1, 0.15) is 91.9 Å². The van der Waals surface area contributed by atoms with Gasteiger partial charge in [-0.25, -0.2) is 4.79 Å². The molecular formula is C27H48N2O3. The van der Waals surface area contributed by atoms with Gasteiger partial charge < -0.3 is 21.3 Å². The van der Waals surface area contributed by atoms with Crippen LogP contribution in [0.5, 0.6) is 0 Å². The summed E-state index contributed by atoms with van der Waals surface area (Å²) in [5.41, 5.74) is 5.80. The number of nitrogens with one attached hydrogen (secondary N) is 1. The largest absolute Gasteiger partial charge is 0.393 e. The number of carbonyl (C=O) groups excluding carboxylic acids is 1. The molecule has 4 saturated carbocycles. The third kappa shape index (κ3) is 3.89. The highest BCUT2D eigenvalue weighted by molar-refractivity contribution is 5.71. The molecular weight excluding hydrogens is 400 g/mol. The maximum Gasteiger partial charge on any atom is 0.312 e. The third-order valence-corrected chi connectivity index (χ3v) is 11.3. The molecule has 0 aromatic carbocycles. The summed E-state index contributed by atoms with van der Waals surface area (Å²) in [7, 11) is 0. The van der Waals surface area contributed by atoms with Crippen LogP contribution in [0.2, 0.25) is 0 Å². The minimum absolute atomic E-state index is 0.180. The summed E-state index contributed by atoms with van der Waals surface area (Å²) in [5, 5.41) is 25.0. The second-order valence-electron chi connectivity index (χ2n) is 12.5. The number of carbonyl (C=O) groups is 1. The molecule has 0 bridgehead atoms. The number of aliphatic hydroxyl groups is 2. The quantitative estimate of drug-likeness (QED) is 0.444. The van der Waals surface area contributed by atoms with Gasteiger partial charge in [0.2, 0.25) is 0 Å². The zero-order chi connectivity index (χ0) is 23.3. The van der Waals surface area contributed by atoms with E-state index in [-0.39, 0.29) is 17.6 Å². The van der Waals surface area contributed by atoms with Crippen LogP contribution in [0.15, 0.2) is 0 Å². The molecule has 11 atom stereocenters. The molecule has 4 rings (SSSR count). The normalized spacial score (nSPS) is 48.9. The number of primary amides is 1. The summed E-state index contributed by atoms with van der Waals surface area (Å²) in [4.78, 5) is 11.0. The predicted molar refractivity (Wildman–Crippen MR) is 128 cm³/mol. The highest BCUT2D eigenvalue weighted by Gasteiger charge is 2.64. The van der Waals surface area contributed by atoms with Gasteiger partial charge in [0.05, 0.1) is 12.2 Å². The molecule has 5 nitrogen and oxygen atoms in total. The van der Waals surface area contributed by atoms with Crippen LogP contribution in [0.4, 0.5) is 4.79 Å². The van der Waals surface area contributed by atoms with Crippen molar-refractivity contribution in [1.82, 2.24) is 5.32 Å². The minimum Gasteiger partial charge on any atom is -0.393 e. The number of aliphatic hydroxyl groups excluding tert-OH is 2. The second kappa shape index (κ2) is 9.09. The van der Waals surface area contributed by atoms with E-state index in [0.29, 0.717) is 53.4 Å².